The molecule has 2 aromatic rings. The van der Waals surface area contributed by atoms with Crippen LogP contribution in [0.4, 0.5) is 4.39 Å². The molecular weight excluding hydrogens is 271 g/mol. The minimum atomic E-state index is -0.481. The molecule has 0 radical (unpaired) electrons. The highest BCUT2D eigenvalue weighted by molar-refractivity contribution is 5.76. The molecule has 1 amide bonds. The Morgan fingerprint density at radius 2 is 2.33 bits per heavy atom. The molecule has 2 rings (SSSR count). The number of benzene rings is 1. The Balaban J connectivity index is 2.27. The Hall–Kier alpha value is -2.21. The van der Waals surface area contributed by atoms with Crippen LogP contribution in [0, 0.1) is 5.82 Å². The fourth-order valence-electron chi connectivity index (χ4n) is 2.13. The van der Waals surface area contributed by atoms with Crippen molar-refractivity contribution in [3.63, 3.8) is 0 Å². The van der Waals surface area contributed by atoms with Gasteiger partial charge in [0.2, 0.25) is 5.91 Å². The SMILES string of the molecule is Cn1ccnc1C(NC(=O)CCCN)c1cccc(F)c1. The summed E-state index contributed by atoms with van der Waals surface area (Å²) in [6.07, 6.45) is 4.39. The quantitative estimate of drug-likeness (QED) is 0.847. The molecule has 21 heavy (non-hydrogen) atoms. The third-order valence-corrected chi connectivity index (χ3v) is 3.21. The standard InChI is InChI=1S/C15H19FN4O/c1-20-9-8-18-15(20)14(19-13(21)6-3-7-17)11-4-2-5-12(16)10-11/h2,4-5,8-10,14H,3,6-7,17H2,1H3,(H,19,21). The Labute approximate surface area is 123 Å². The predicted molar refractivity (Wildman–Crippen MR) is 77.9 cm³/mol. The van der Waals surface area contributed by atoms with Gasteiger partial charge in [0.1, 0.15) is 17.7 Å². The summed E-state index contributed by atoms with van der Waals surface area (Å²) in [4.78, 5) is 16.2. The predicted octanol–water partition coefficient (Wildman–Crippen LogP) is 1.50. The fourth-order valence-corrected chi connectivity index (χ4v) is 2.13. The van der Waals surface area contributed by atoms with Crippen molar-refractivity contribution in [2.75, 3.05) is 6.54 Å². The maximum atomic E-state index is 13.5. The van der Waals surface area contributed by atoms with Crippen molar-refractivity contribution in [3.05, 3.63) is 53.9 Å². The average Bonchev–Trinajstić information content (AvgIpc) is 2.88. The van der Waals surface area contributed by atoms with E-state index in [1.165, 1.54) is 12.1 Å². The number of nitrogens with one attached hydrogen (secondary N) is 1. The maximum absolute atomic E-state index is 13.5. The highest BCUT2D eigenvalue weighted by Gasteiger charge is 2.20. The molecule has 1 atom stereocenters. The molecule has 1 aromatic heterocycles. The van der Waals surface area contributed by atoms with Crippen molar-refractivity contribution in [2.45, 2.75) is 18.9 Å². The van der Waals surface area contributed by atoms with Crippen molar-refractivity contribution < 1.29 is 9.18 Å². The first kappa shape index (κ1) is 15.2. The Morgan fingerprint density at radius 3 is 2.95 bits per heavy atom. The minimum Gasteiger partial charge on any atom is -0.342 e. The third-order valence-electron chi connectivity index (χ3n) is 3.21. The van der Waals surface area contributed by atoms with Crippen LogP contribution in [0.2, 0.25) is 0 Å². The number of hydrogen-bond donors (Lipinski definition) is 2. The highest BCUT2D eigenvalue weighted by Crippen LogP contribution is 2.21. The molecule has 1 unspecified atom stereocenters. The minimum absolute atomic E-state index is 0.127. The average molecular weight is 290 g/mol. The van der Waals surface area contributed by atoms with Gasteiger partial charge in [-0.25, -0.2) is 9.37 Å². The van der Waals surface area contributed by atoms with Crippen LogP contribution in [0.15, 0.2) is 36.7 Å². The van der Waals surface area contributed by atoms with Gasteiger partial charge >= 0.3 is 0 Å². The van der Waals surface area contributed by atoms with Crippen LogP contribution in [0.5, 0.6) is 0 Å². The monoisotopic (exact) mass is 290 g/mol. The van der Waals surface area contributed by atoms with Gasteiger partial charge in [-0.05, 0) is 30.7 Å². The van der Waals surface area contributed by atoms with Crippen molar-refractivity contribution in [1.29, 1.82) is 0 Å². The second-order valence-electron chi connectivity index (χ2n) is 4.84. The van der Waals surface area contributed by atoms with E-state index >= 15 is 0 Å². The number of carbonyl (C=O) groups excluding carboxylic acids is 1. The van der Waals surface area contributed by atoms with E-state index in [9.17, 15) is 9.18 Å². The molecule has 1 heterocycles. The van der Waals surface area contributed by atoms with Gasteiger partial charge < -0.3 is 15.6 Å². The fraction of sp³-hybridized carbons (Fsp3) is 0.333. The van der Waals surface area contributed by atoms with Crippen molar-refractivity contribution >= 4 is 5.91 Å². The molecule has 0 aliphatic heterocycles. The lowest BCUT2D eigenvalue weighted by Crippen LogP contribution is -2.31. The van der Waals surface area contributed by atoms with E-state index in [4.69, 9.17) is 5.73 Å². The number of carbonyl (C=O) groups is 1. The zero-order valence-corrected chi connectivity index (χ0v) is 11.9. The largest absolute Gasteiger partial charge is 0.342 e. The number of amides is 1. The number of aryl methyl sites for hydroxylation is 1. The lowest BCUT2D eigenvalue weighted by molar-refractivity contribution is -0.121. The molecule has 0 saturated heterocycles. The van der Waals surface area contributed by atoms with Gasteiger partial charge in [-0.3, -0.25) is 4.79 Å². The van der Waals surface area contributed by atoms with Gasteiger partial charge in [0.25, 0.3) is 0 Å². The van der Waals surface area contributed by atoms with E-state index in [-0.39, 0.29) is 11.7 Å². The van der Waals surface area contributed by atoms with E-state index in [1.807, 2.05) is 7.05 Å². The Kier molecular flexibility index (Phi) is 5.05. The van der Waals surface area contributed by atoms with Crippen molar-refractivity contribution in [3.8, 4) is 0 Å². The van der Waals surface area contributed by atoms with Crippen LogP contribution in [-0.4, -0.2) is 22.0 Å². The summed E-state index contributed by atoms with van der Waals surface area (Å²) in [5.41, 5.74) is 6.07. The van der Waals surface area contributed by atoms with Crippen LogP contribution in [0.1, 0.15) is 30.3 Å². The zero-order chi connectivity index (χ0) is 15.2. The smallest absolute Gasteiger partial charge is 0.220 e. The molecule has 0 bridgehead atoms. The molecule has 0 aliphatic carbocycles. The molecule has 112 valence electrons. The summed E-state index contributed by atoms with van der Waals surface area (Å²) >= 11 is 0. The Bertz CT molecular complexity index is 611. The maximum Gasteiger partial charge on any atom is 0.220 e. The van der Waals surface area contributed by atoms with Crippen molar-refractivity contribution in [2.24, 2.45) is 12.8 Å². The lowest BCUT2D eigenvalue weighted by atomic mass is 10.1. The number of aromatic nitrogens is 2. The summed E-state index contributed by atoms with van der Waals surface area (Å²) in [5, 5.41) is 2.89. The Morgan fingerprint density at radius 1 is 1.52 bits per heavy atom. The summed E-state index contributed by atoms with van der Waals surface area (Å²) in [7, 11) is 1.83. The van der Waals surface area contributed by atoms with E-state index in [2.05, 4.69) is 10.3 Å². The molecule has 3 N–H and O–H groups in total. The molecule has 0 aliphatic rings. The topological polar surface area (TPSA) is 72.9 Å². The van der Waals surface area contributed by atoms with E-state index in [1.54, 1.807) is 29.1 Å². The summed E-state index contributed by atoms with van der Waals surface area (Å²) in [5.74, 6) is 0.183. The first-order valence-electron chi connectivity index (χ1n) is 6.84. The summed E-state index contributed by atoms with van der Waals surface area (Å²) in [6, 6.07) is 5.68. The van der Waals surface area contributed by atoms with Crippen LogP contribution in [-0.2, 0) is 11.8 Å². The van der Waals surface area contributed by atoms with Crippen LogP contribution >= 0.6 is 0 Å². The van der Waals surface area contributed by atoms with Crippen LogP contribution in [0.25, 0.3) is 0 Å². The number of halogens is 1. The first-order valence-corrected chi connectivity index (χ1v) is 6.84. The third kappa shape index (κ3) is 3.88. The summed E-state index contributed by atoms with van der Waals surface area (Å²) < 4.78 is 15.3. The van der Waals surface area contributed by atoms with Gasteiger partial charge in [-0.1, -0.05) is 12.1 Å². The second-order valence-corrected chi connectivity index (χ2v) is 4.84. The second kappa shape index (κ2) is 6.99. The number of hydrogen-bond acceptors (Lipinski definition) is 3. The lowest BCUT2D eigenvalue weighted by Gasteiger charge is -2.19. The van der Waals surface area contributed by atoms with Crippen molar-refractivity contribution in [1.82, 2.24) is 14.9 Å². The highest BCUT2D eigenvalue weighted by atomic mass is 19.1. The number of rotatable bonds is 6. The van der Waals surface area contributed by atoms with Gasteiger partial charge in [-0.2, -0.15) is 0 Å². The normalized spacial score (nSPS) is 12.1. The van der Waals surface area contributed by atoms with Gasteiger partial charge in [-0.15, -0.1) is 0 Å². The number of imidazole rings is 1. The summed E-state index contributed by atoms with van der Waals surface area (Å²) in [6.45, 7) is 0.459. The van der Waals surface area contributed by atoms with Crippen LogP contribution < -0.4 is 11.1 Å². The number of nitrogens with zero attached hydrogens (tertiary/aromatic N) is 2. The van der Waals surface area contributed by atoms with Gasteiger partial charge in [0, 0.05) is 25.9 Å². The molecule has 1 aromatic carbocycles. The zero-order valence-electron chi connectivity index (χ0n) is 11.9. The van der Waals surface area contributed by atoms with E-state index in [0.717, 1.165) is 0 Å². The van der Waals surface area contributed by atoms with Gasteiger partial charge in [0.05, 0.1) is 0 Å². The molecule has 5 nitrogen and oxygen atoms in total. The van der Waals surface area contributed by atoms with Gasteiger partial charge in [0.15, 0.2) is 0 Å². The molecule has 6 heteroatoms. The number of nitrogens with two attached hydrogens (primary N) is 1. The van der Waals surface area contributed by atoms with E-state index < -0.39 is 6.04 Å². The molecule has 0 saturated carbocycles. The van der Waals surface area contributed by atoms with Crippen LogP contribution in [0.3, 0.4) is 0 Å². The van der Waals surface area contributed by atoms with E-state index in [0.29, 0.717) is 30.8 Å². The first-order chi connectivity index (χ1) is 10.1. The molecule has 0 fully saturated rings. The molecule has 0 spiro atoms. The molecular formula is C15H19FN4O.